The highest BCUT2D eigenvalue weighted by Gasteiger charge is 2.38. The highest BCUT2D eigenvalue weighted by atomic mass is 35.5. The number of alkyl carbamates (subject to hydrolysis) is 1. The number of anilines is 1. The Morgan fingerprint density at radius 3 is 2.63 bits per heavy atom. The van der Waals surface area contributed by atoms with Crippen LogP contribution in [0, 0.1) is 5.92 Å². The Balaban J connectivity index is 2.04. The maximum Gasteiger partial charge on any atom is 0.413 e. The molecule has 9 nitrogen and oxygen atoms in total. The SMILES string of the molecule is COC(=O)NC(=O)[C@H](C)OC(=O)[C@H]1CC(=O)N(c2cc(Cl)ccc2OC)C1. The molecule has 10 heteroatoms. The Kier molecular flexibility index (Phi) is 6.62. The van der Waals surface area contributed by atoms with Crippen molar-refractivity contribution >= 4 is 41.2 Å². The van der Waals surface area contributed by atoms with E-state index in [2.05, 4.69) is 4.74 Å². The fourth-order valence-electron chi connectivity index (χ4n) is 2.55. The van der Waals surface area contributed by atoms with E-state index in [0.717, 1.165) is 7.11 Å². The maximum absolute atomic E-state index is 12.4. The minimum Gasteiger partial charge on any atom is -0.495 e. The Morgan fingerprint density at radius 1 is 1.30 bits per heavy atom. The number of carbonyl (C=O) groups excluding carboxylic acids is 4. The molecule has 2 atom stereocenters. The van der Waals surface area contributed by atoms with Gasteiger partial charge in [-0.15, -0.1) is 0 Å². The number of rotatable bonds is 5. The number of hydrogen-bond acceptors (Lipinski definition) is 7. The van der Waals surface area contributed by atoms with E-state index in [4.69, 9.17) is 21.1 Å². The zero-order chi connectivity index (χ0) is 20.1. The van der Waals surface area contributed by atoms with E-state index in [1.807, 2.05) is 5.32 Å². The fourth-order valence-corrected chi connectivity index (χ4v) is 2.72. The van der Waals surface area contributed by atoms with Crippen molar-refractivity contribution in [3.8, 4) is 5.75 Å². The van der Waals surface area contributed by atoms with E-state index in [1.165, 1.54) is 18.9 Å². The second kappa shape index (κ2) is 8.72. The Labute approximate surface area is 160 Å². The number of methoxy groups -OCH3 is 2. The Morgan fingerprint density at radius 2 is 2.00 bits per heavy atom. The topological polar surface area (TPSA) is 111 Å². The van der Waals surface area contributed by atoms with Crippen LogP contribution in [0.15, 0.2) is 18.2 Å². The first kappa shape index (κ1) is 20.5. The molecule has 0 aromatic heterocycles. The van der Waals surface area contributed by atoms with Crippen LogP contribution in [0.3, 0.4) is 0 Å². The van der Waals surface area contributed by atoms with Crippen LogP contribution in [0.5, 0.6) is 5.75 Å². The number of amides is 3. The summed E-state index contributed by atoms with van der Waals surface area (Å²) in [6, 6.07) is 4.81. The first-order chi connectivity index (χ1) is 12.8. The molecule has 3 amide bonds. The fraction of sp³-hybridized carbons (Fsp3) is 0.412. The third-order valence-corrected chi connectivity index (χ3v) is 4.20. The summed E-state index contributed by atoms with van der Waals surface area (Å²) in [5, 5.41) is 2.32. The molecule has 0 spiro atoms. The summed E-state index contributed by atoms with van der Waals surface area (Å²) in [5.74, 6) is -2.18. The molecule has 0 unspecified atom stereocenters. The van der Waals surface area contributed by atoms with Gasteiger partial charge in [-0.25, -0.2) is 4.79 Å². The van der Waals surface area contributed by atoms with E-state index in [1.54, 1.807) is 18.2 Å². The van der Waals surface area contributed by atoms with Gasteiger partial charge in [-0.1, -0.05) is 11.6 Å². The van der Waals surface area contributed by atoms with Crippen LogP contribution in [0.2, 0.25) is 5.02 Å². The Bertz CT molecular complexity index is 768. The van der Waals surface area contributed by atoms with Crippen molar-refractivity contribution in [3.63, 3.8) is 0 Å². The molecule has 1 saturated heterocycles. The van der Waals surface area contributed by atoms with Gasteiger partial charge < -0.3 is 19.1 Å². The van der Waals surface area contributed by atoms with Gasteiger partial charge in [0.2, 0.25) is 5.91 Å². The monoisotopic (exact) mass is 398 g/mol. The lowest BCUT2D eigenvalue weighted by atomic mass is 10.1. The molecule has 146 valence electrons. The summed E-state index contributed by atoms with van der Waals surface area (Å²) in [6.07, 6.45) is -2.26. The van der Waals surface area contributed by atoms with Gasteiger partial charge in [0.15, 0.2) is 6.10 Å². The van der Waals surface area contributed by atoms with Gasteiger partial charge in [-0.05, 0) is 25.1 Å². The van der Waals surface area contributed by atoms with Crippen molar-refractivity contribution in [1.82, 2.24) is 5.32 Å². The number of nitrogens with zero attached hydrogens (tertiary/aromatic N) is 1. The highest BCUT2D eigenvalue weighted by Crippen LogP contribution is 2.35. The van der Waals surface area contributed by atoms with Gasteiger partial charge in [0.05, 0.1) is 25.8 Å². The van der Waals surface area contributed by atoms with Crippen LogP contribution in [0.1, 0.15) is 13.3 Å². The van der Waals surface area contributed by atoms with E-state index >= 15 is 0 Å². The number of nitrogens with one attached hydrogen (secondary N) is 1. The summed E-state index contributed by atoms with van der Waals surface area (Å²) < 4.78 is 14.6. The average Bonchev–Trinajstić information content (AvgIpc) is 3.03. The third-order valence-electron chi connectivity index (χ3n) is 3.96. The van der Waals surface area contributed by atoms with Crippen LogP contribution in [0.25, 0.3) is 0 Å². The molecule has 27 heavy (non-hydrogen) atoms. The molecule has 1 N–H and O–H groups in total. The highest BCUT2D eigenvalue weighted by molar-refractivity contribution is 6.31. The average molecular weight is 399 g/mol. The van der Waals surface area contributed by atoms with Crippen molar-refractivity contribution in [2.75, 3.05) is 25.7 Å². The normalized spacial score (nSPS) is 17.3. The van der Waals surface area contributed by atoms with Crippen molar-refractivity contribution in [3.05, 3.63) is 23.2 Å². The Hall–Kier alpha value is -2.81. The number of hydrogen-bond donors (Lipinski definition) is 1. The number of esters is 1. The largest absolute Gasteiger partial charge is 0.495 e. The molecule has 2 rings (SSSR count). The van der Waals surface area contributed by atoms with Gasteiger partial charge in [0, 0.05) is 18.0 Å². The number of benzene rings is 1. The molecule has 1 heterocycles. The summed E-state index contributed by atoms with van der Waals surface area (Å²) in [7, 11) is 2.56. The zero-order valence-electron chi connectivity index (χ0n) is 15.0. The zero-order valence-corrected chi connectivity index (χ0v) is 15.7. The second-order valence-electron chi connectivity index (χ2n) is 5.78. The molecule has 1 fully saturated rings. The van der Waals surface area contributed by atoms with Crippen LogP contribution >= 0.6 is 11.6 Å². The number of imide groups is 1. The second-order valence-corrected chi connectivity index (χ2v) is 6.22. The molecule has 0 saturated carbocycles. The quantitative estimate of drug-likeness (QED) is 0.748. The lowest BCUT2D eigenvalue weighted by Gasteiger charge is -2.20. The van der Waals surface area contributed by atoms with Crippen LogP contribution in [-0.4, -0.2) is 50.7 Å². The first-order valence-corrected chi connectivity index (χ1v) is 8.37. The summed E-state index contributed by atoms with van der Waals surface area (Å²) in [6.45, 7) is 1.37. The van der Waals surface area contributed by atoms with Gasteiger partial charge in [0.1, 0.15) is 5.75 Å². The van der Waals surface area contributed by atoms with E-state index in [0.29, 0.717) is 16.5 Å². The lowest BCUT2D eigenvalue weighted by Crippen LogP contribution is -2.40. The predicted molar refractivity (Wildman–Crippen MR) is 94.6 cm³/mol. The molecule has 0 aliphatic carbocycles. The molecular formula is C17H19ClN2O7. The smallest absolute Gasteiger partial charge is 0.413 e. The van der Waals surface area contributed by atoms with Crippen molar-refractivity contribution < 1.29 is 33.4 Å². The summed E-state index contributed by atoms with van der Waals surface area (Å²) >= 11 is 5.99. The van der Waals surface area contributed by atoms with Gasteiger partial charge in [-0.3, -0.25) is 19.7 Å². The van der Waals surface area contributed by atoms with Crippen LogP contribution < -0.4 is 15.0 Å². The van der Waals surface area contributed by atoms with E-state index < -0.39 is 30.0 Å². The minimum atomic E-state index is -1.22. The van der Waals surface area contributed by atoms with Crippen LogP contribution in [-0.2, 0) is 23.9 Å². The molecule has 1 aliphatic rings. The number of carbonyl (C=O) groups is 4. The third kappa shape index (κ3) is 4.88. The van der Waals surface area contributed by atoms with Crippen molar-refractivity contribution in [1.29, 1.82) is 0 Å². The number of halogens is 1. The summed E-state index contributed by atoms with van der Waals surface area (Å²) in [4.78, 5) is 48.8. The van der Waals surface area contributed by atoms with Crippen molar-refractivity contribution in [2.24, 2.45) is 5.92 Å². The van der Waals surface area contributed by atoms with E-state index in [-0.39, 0.29) is 18.9 Å². The van der Waals surface area contributed by atoms with E-state index in [9.17, 15) is 19.2 Å². The molecule has 0 bridgehead atoms. The maximum atomic E-state index is 12.4. The minimum absolute atomic E-state index is 0.0553. The standard InChI is InChI=1S/C17H19ClN2O7/c1-9(15(22)19-17(24)26-3)27-16(23)10-6-14(21)20(8-10)12-7-11(18)4-5-13(12)25-2/h4-5,7,9-10H,6,8H2,1-3H3,(H,19,22,24)/t9-,10-/m0/s1. The first-order valence-electron chi connectivity index (χ1n) is 8.00. The van der Waals surface area contributed by atoms with Gasteiger partial charge in [0.25, 0.3) is 5.91 Å². The lowest BCUT2D eigenvalue weighted by molar-refractivity contribution is -0.158. The molecular weight excluding hydrogens is 380 g/mol. The molecule has 1 aliphatic heterocycles. The predicted octanol–water partition coefficient (Wildman–Crippen LogP) is 1.52. The number of ether oxygens (including phenoxy) is 3. The molecule has 1 aromatic rings. The summed E-state index contributed by atoms with van der Waals surface area (Å²) in [5.41, 5.74) is 0.446. The van der Waals surface area contributed by atoms with Crippen LogP contribution in [0.4, 0.5) is 10.5 Å². The molecule has 1 aromatic carbocycles. The van der Waals surface area contributed by atoms with Gasteiger partial charge >= 0.3 is 12.1 Å². The van der Waals surface area contributed by atoms with Crippen molar-refractivity contribution in [2.45, 2.75) is 19.4 Å². The molecule has 0 radical (unpaired) electrons. The van der Waals surface area contributed by atoms with Gasteiger partial charge in [-0.2, -0.15) is 0 Å².